The molecule has 1 rings (SSSR count). The summed E-state index contributed by atoms with van der Waals surface area (Å²) in [5, 5.41) is 0. The molecule has 0 atom stereocenters. The molecule has 0 amide bonds. The molecule has 0 radical (unpaired) electrons. The quantitative estimate of drug-likeness (QED) is 0.405. The molecule has 0 aliphatic carbocycles. The molecule has 0 heterocycles. The van der Waals surface area contributed by atoms with Gasteiger partial charge in [-0.05, 0) is 24.1 Å². The van der Waals surface area contributed by atoms with Crippen LogP contribution in [0.5, 0.6) is 0 Å². The van der Waals surface area contributed by atoms with Crippen LogP contribution in [0.15, 0.2) is 24.3 Å². The van der Waals surface area contributed by atoms with E-state index in [-0.39, 0.29) is 24.8 Å². The molecule has 0 bridgehead atoms. The maximum absolute atomic E-state index is 13.2. The Balaban J connectivity index is 2.72. The smallest absolute Gasteiger partial charge is 0.372 e. The molecule has 0 saturated heterocycles. The van der Waals surface area contributed by atoms with Crippen molar-refractivity contribution in [1.29, 1.82) is 0 Å². The van der Waals surface area contributed by atoms with E-state index in [4.69, 9.17) is 23.2 Å². The van der Waals surface area contributed by atoms with Crippen LogP contribution < -0.4 is 0 Å². The van der Waals surface area contributed by atoms with Gasteiger partial charge in [0.2, 0.25) is 0 Å². The summed E-state index contributed by atoms with van der Waals surface area (Å²) in [5.74, 6) is -0.316. The van der Waals surface area contributed by atoms with E-state index in [0.29, 0.717) is 5.56 Å². The van der Waals surface area contributed by atoms with E-state index < -0.39 is 24.0 Å². The average molecular weight is 333 g/mol. The van der Waals surface area contributed by atoms with Crippen LogP contribution in [0.25, 0.3) is 0 Å². The fraction of sp³-hybridized carbons (Fsp3) is 0.538. The Morgan fingerprint density at radius 1 is 1.10 bits per heavy atom. The van der Waals surface area contributed by atoms with Crippen LogP contribution >= 0.6 is 23.2 Å². The van der Waals surface area contributed by atoms with Crippen LogP contribution in [-0.2, 0) is 10.2 Å². The van der Waals surface area contributed by atoms with Crippen LogP contribution in [0.1, 0.15) is 12.0 Å². The lowest BCUT2D eigenvalue weighted by Crippen LogP contribution is -2.33. The summed E-state index contributed by atoms with van der Waals surface area (Å²) in [5.41, 5.74) is -0.255. The van der Waals surface area contributed by atoms with Crippen molar-refractivity contribution in [2.24, 2.45) is 0 Å². The predicted octanol–water partition coefficient (Wildman–Crippen LogP) is 4.51. The van der Waals surface area contributed by atoms with Crippen molar-refractivity contribution in [3.05, 3.63) is 35.6 Å². The Bertz CT molecular complexity index is 419. The Morgan fingerprint density at radius 2 is 1.75 bits per heavy atom. The second-order valence-electron chi connectivity index (χ2n) is 4.48. The molecule has 0 fully saturated rings. The molecule has 0 aromatic heterocycles. The lowest BCUT2D eigenvalue weighted by atomic mass is 9.81. The number of rotatable bonds is 7. The number of ether oxygens (including phenoxy) is 1. The number of halogens is 6. The van der Waals surface area contributed by atoms with Crippen LogP contribution in [-0.4, -0.2) is 31.2 Å². The third-order valence-corrected chi connectivity index (χ3v) is 3.96. The highest BCUT2D eigenvalue weighted by atomic mass is 35.5. The summed E-state index contributed by atoms with van der Waals surface area (Å²) in [6.45, 7) is -1.48. The third-order valence-electron chi connectivity index (χ3n) is 2.94. The van der Waals surface area contributed by atoms with Crippen molar-refractivity contribution >= 4 is 23.2 Å². The zero-order valence-electron chi connectivity index (χ0n) is 10.5. The van der Waals surface area contributed by atoms with Crippen molar-refractivity contribution in [3.63, 3.8) is 0 Å². The molecular formula is C13H14Cl2F4O. The second kappa shape index (κ2) is 7.48. The lowest BCUT2D eigenvalue weighted by Gasteiger charge is -2.30. The van der Waals surface area contributed by atoms with Crippen LogP contribution in [0.4, 0.5) is 17.6 Å². The molecule has 0 saturated carbocycles. The highest BCUT2D eigenvalue weighted by molar-refractivity contribution is 6.22. The van der Waals surface area contributed by atoms with Crippen LogP contribution in [0.3, 0.4) is 0 Å². The maximum Gasteiger partial charge on any atom is 0.411 e. The minimum absolute atomic E-state index is 0.0648. The van der Waals surface area contributed by atoms with E-state index in [2.05, 4.69) is 4.74 Å². The van der Waals surface area contributed by atoms with Gasteiger partial charge in [0.25, 0.3) is 0 Å². The van der Waals surface area contributed by atoms with Gasteiger partial charge in [-0.25, -0.2) is 4.39 Å². The molecular weight excluding hydrogens is 319 g/mol. The van der Waals surface area contributed by atoms with Gasteiger partial charge >= 0.3 is 6.18 Å². The molecule has 0 aliphatic rings. The highest BCUT2D eigenvalue weighted by Gasteiger charge is 2.32. The molecule has 1 aromatic rings. The molecule has 114 valence electrons. The highest BCUT2D eigenvalue weighted by Crippen LogP contribution is 2.32. The molecule has 7 heteroatoms. The van der Waals surface area contributed by atoms with Crippen LogP contribution in [0, 0.1) is 5.82 Å². The first kappa shape index (κ1) is 17.5. The summed E-state index contributed by atoms with van der Waals surface area (Å²) in [7, 11) is 0. The van der Waals surface area contributed by atoms with E-state index in [1.165, 1.54) is 18.2 Å². The van der Waals surface area contributed by atoms with Gasteiger partial charge < -0.3 is 4.74 Å². The normalized spacial score (nSPS) is 12.7. The van der Waals surface area contributed by atoms with Crippen LogP contribution in [0.2, 0.25) is 0 Å². The minimum Gasteiger partial charge on any atom is -0.372 e. The first-order valence-corrected chi connectivity index (χ1v) is 6.92. The molecule has 0 unspecified atom stereocenters. The zero-order chi connectivity index (χ0) is 15.2. The van der Waals surface area contributed by atoms with E-state index in [1.54, 1.807) is 6.07 Å². The topological polar surface area (TPSA) is 9.23 Å². The first-order valence-electron chi connectivity index (χ1n) is 5.85. The van der Waals surface area contributed by atoms with Crippen molar-refractivity contribution in [2.45, 2.75) is 18.0 Å². The summed E-state index contributed by atoms with van der Waals surface area (Å²) in [6.07, 6.45) is -4.19. The van der Waals surface area contributed by atoms with Gasteiger partial charge in [0.1, 0.15) is 12.4 Å². The zero-order valence-corrected chi connectivity index (χ0v) is 12.0. The molecule has 0 aliphatic heterocycles. The minimum atomic E-state index is -4.37. The SMILES string of the molecule is Fc1cccc(C(CCl)(CCl)CCOCC(F)(F)F)c1. The second-order valence-corrected chi connectivity index (χ2v) is 5.01. The van der Waals surface area contributed by atoms with Gasteiger partial charge in [0.05, 0.1) is 0 Å². The molecule has 20 heavy (non-hydrogen) atoms. The fourth-order valence-corrected chi connectivity index (χ4v) is 2.60. The first-order chi connectivity index (χ1) is 9.33. The van der Waals surface area contributed by atoms with Crippen molar-refractivity contribution in [2.75, 3.05) is 25.0 Å². The monoisotopic (exact) mass is 332 g/mol. The number of hydrogen-bond acceptors (Lipinski definition) is 1. The Hall–Kier alpha value is -0.520. The van der Waals surface area contributed by atoms with Gasteiger partial charge in [-0.1, -0.05) is 12.1 Å². The van der Waals surface area contributed by atoms with E-state index in [0.717, 1.165) is 0 Å². The maximum atomic E-state index is 13.2. The lowest BCUT2D eigenvalue weighted by molar-refractivity contribution is -0.174. The molecule has 0 N–H and O–H groups in total. The summed E-state index contributed by atoms with van der Waals surface area (Å²) in [6, 6.07) is 5.72. The number of alkyl halides is 5. The van der Waals surface area contributed by atoms with E-state index in [1.807, 2.05) is 0 Å². The summed E-state index contributed by atoms with van der Waals surface area (Å²) in [4.78, 5) is 0. The van der Waals surface area contributed by atoms with Gasteiger partial charge in [0, 0.05) is 23.8 Å². The van der Waals surface area contributed by atoms with Crippen molar-refractivity contribution in [1.82, 2.24) is 0 Å². The summed E-state index contributed by atoms with van der Waals surface area (Å²) < 4.78 is 53.8. The molecule has 0 spiro atoms. The summed E-state index contributed by atoms with van der Waals surface area (Å²) >= 11 is 11.8. The van der Waals surface area contributed by atoms with Crippen molar-refractivity contribution in [3.8, 4) is 0 Å². The van der Waals surface area contributed by atoms with E-state index in [9.17, 15) is 17.6 Å². The molecule has 1 aromatic carbocycles. The Kier molecular flexibility index (Phi) is 6.55. The Labute approximate surface area is 124 Å². The largest absolute Gasteiger partial charge is 0.411 e. The number of benzene rings is 1. The Morgan fingerprint density at radius 3 is 2.25 bits per heavy atom. The van der Waals surface area contributed by atoms with E-state index >= 15 is 0 Å². The standard InChI is InChI=1S/C13H14Cl2F4O/c14-7-12(8-15,4-5-20-9-13(17,18)19)10-2-1-3-11(16)6-10/h1-3,6H,4-5,7-9H2. The van der Waals surface area contributed by atoms with Gasteiger partial charge in [-0.15, -0.1) is 23.2 Å². The van der Waals surface area contributed by atoms with Gasteiger partial charge in [0.15, 0.2) is 0 Å². The third kappa shape index (κ3) is 5.11. The average Bonchev–Trinajstić information content (AvgIpc) is 2.38. The van der Waals surface area contributed by atoms with Gasteiger partial charge in [-0.3, -0.25) is 0 Å². The van der Waals surface area contributed by atoms with Gasteiger partial charge in [-0.2, -0.15) is 13.2 Å². The fourth-order valence-electron chi connectivity index (χ4n) is 1.74. The molecule has 1 nitrogen and oxygen atoms in total. The van der Waals surface area contributed by atoms with Crippen molar-refractivity contribution < 1.29 is 22.3 Å². The number of hydrogen-bond donors (Lipinski definition) is 0. The predicted molar refractivity (Wildman–Crippen MR) is 71.0 cm³/mol.